The normalized spacial score (nSPS) is 20.6. The van der Waals surface area contributed by atoms with E-state index in [9.17, 15) is 23.5 Å². The average molecular weight is 329 g/mol. The van der Waals surface area contributed by atoms with E-state index >= 15 is 0 Å². The maximum Gasteiger partial charge on any atom is 0.387 e. The zero-order valence-corrected chi connectivity index (χ0v) is 12.7. The van der Waals surface area contributed by atoms with E-state index in [4.69, 9.17) is 4.74 Å². The van der Waals surface area contributed by atoms with Gasteiger partial charge in [-0.25, -0.2) is 4.79 Å². The average Bonchev–Trinajstić information content (AvgIpc) is 2.92. The monoisotopic (exact) mass is 329 g/mol. The second kappa shape index (κ2) is 6.49. The standard InChI is InChI=1S/C15H17F2NO5/c1-8-5-10(6-9(2)11(8)23-14(16)17)12(19)18-15(13(20)21)3-4-22-7-15/h5-6,14H,3-4,7H2,1-2H3,(H,18,19)(H,20,21). The van der Waals surface area contributed by atoms with Crippen LogP contribution in [-0.2, 0) is 9.53 Å². The van der Waals surface area contributed by atoms with Crippen molar-refractivity contribution in [3.05, 3.63) is 28.8 Å². The van der Waals surface area contributed by atoms with Gasteiger partial charge in [0.2, 0.25) is 0 Å². The molecule has 1 heterocycles. The summed E-state index contributed by atoms with van der Waals surface area (Å²) < 4.78 is 34.2. The highest BCUT2D eigenvalue weighted by Crippen LogP contribution is 2.27. The molecule has 0 spiro atoms. The van der Waals surface area contributed by atoms with E-state index < -0.39 is 24.0 Å². The summed E-state index contributed by atoms with van der Waals surface area (Å²) in [5, 5.41) is 11.8. The molecule has 0 radical (unpaired) electrons. The minimum absolute atomic E-state index is 0.00805. The number of hydrogen-bond acceptors (Lipinski definition) is 4. The van der Waals surface area contributed by atoms with Gasteiger partial charge in [0, 0.05) is 18.6 Å². The molecular weight excluding hydrogens is 312 g/mol. The summed E-state index contributed by atoms with van der Waals surface area (Å²) in [7, 11) is 0. The van der Waals surface area contributed by atoms with E-state index in [1.807, 2.05) is 0 Å². The van der Waals surface area contributed by atoms with Crippen molar-refractivity contribution in [2.24, 2.45) is 0 Å². The number of carboxylic acids is 1. The van der Waals surface area contributed by atoms with Crippen LogP contribution < -0.4 is 10.1 Å². The zero-order valence-electron chi connectivity index (χ0n) is 12.7. The van der Waals surface area contributed by atoms with Crippen molar-refractivity contribution in [3.8, 4) is 5.75 Å². The maximum atomic E-state index is 12.4. The highest BCUT2D eigenvalue weighted by Gasteiger charge is 2.44. The smallest absolute Gasteiger partial charge is 0.387 e. The first kappa shape index (κ1) is 17.1. The fraction of sp³-hybridized carbons (Fsp3) is 0.467. The van der Waals surface area contributed by atoms with Crippen LogP contribution in [0.2, 0.25) is 0 Å². The highest BCUT2D eigenvalue weighted by atomic mass is 19.3. The molecule has 1 atom stereocenters. The summed E-state index contributed by atoms with van der Waals surface area (Å²) in [6.07, 6.45) is 0.165. The number of alkyl halides is 2. The molecule has 2 rings (SSSR count). The molecule has 1 aliphatic rings. The number of halogens is 2. The fourth-order valence-electron chi connectivity index (χ4n) is 2.53. The van der Waals surface area contributed by atoms with E-state index in [-0.39, 0.29) is 30.9 Å². The Morgan fingerprint density at radius 3 is 2.39 bits per heavy atom. The van der Waals surface area contributed by atoms with E-state index in [1.165, 1.54) is 26.0 Å². The topological polar surface area (TPSA) is 84.9 Å². The third-order valence-electron chi connectivity index (χ3n) is 3.71. The number of aliphatic carboxylic acids is 1. The molecular formula is C15H17F2NO5. The Morgan fingerprint density at radius 2 is 1.96 bits per heavy atom. The van der Waals surface area contributed by atoms with Crippen molar-refractivity contribution in [2.45, 2.75) is 32.4 Å². The van der Waals surface area contributed by atoms with E-state index in [1.54, 1.807) is 0 Å². The predicted molar refractivity (Wildman–Crippen MR) is 75.8 cm³/mol. The Kier molecular flexibility index (Phi) is 4.84. The summed E-state index contributed by atoms with van der Waals surface area (Å²) in [5.74, 6) is -1.77. The largest absolute Gasteiger partial charge is 0.479 e. The minimum atomic E-state index is -2.96. The first-order chi connectivity index (χ1) is 10.7. The van der Waals surface area contributed by atoms with Crippen LogP contribution in [0.3, 0.4) is 0 Å². The van der Waals surface area contributed by atoms with Crippen LogP contribution in [0, 0.1) is 13.8 Å². The number of carboxylic acid groups (broad SMARTS) is 1. The molecule has 1 fully saturated rings. The van der Waals surface area contributed by atoms with Crippen molar-refractivity contribution >= 4 is 11.9 Å². The molecule has 126 valence electrons. The fourth-order valence-corrected chi connectivity index (χ4v) is 2.53. The Labute approximate surface area is 131 Å². The molecule has 0 bridgehead atoms. The van der Waals surface area contributed by atoms with Crippen molar-refractivity contribution in [3.63, 3.8) is 0 Å². The van der Waals surface area contributed by atoms with Gasteiger partial charge in [0.25, 0.3) is 5.91 Å². The highest BCUT2D eigenvalue weighted by molar-refractivity contribution is 5.98. The molecule has 0 aliphatic carbocycles. The van der Waals surface area contributed by atoms with Gasteiger partial charge >= 0.3 is 12.6 Å². The molecule has 6 nitrogen and oxygen atoms in total. The first-order valence-electron chi connectivity index (χ1n) is 6.95. The molecule has 1 unspecified atom stereocenters. The van der Waals surface area contributed by atoms with Gasteiger partial charge in [-0.15, -0.1) is 0 Å². The molecule has 1 aliphatic heterocycles. The number of ether oxygens (including phenoxy) is 2. The molecule has 2 N–H and O–H groups in total. The van der Waals surface area contributed by atoms with Crippen molar-refractivity contribution in [1.82, 2.24) is 5.32 Å². The Bertz CT molecular complexity index is 603. The van der Waals surface area contributed by atoms with Crippen molar-refractivity contribution in [1.29, 1.82) is 0 Å². The summed E-state index contributed by atoms with van der Waals surface area (Å²) in [6.45, 7) is 0.239. The van der Waals surface area contributed by atoms with Crippen LogP contribution in [0.1, 0.15) is 27.9 Å². The van der Waals surface area contributed by atoms with E-state index in [0.717, 1.165) is 0 Å². The molecule has 8 heteroatoms. The molecule has 23 heavy (non-hydrogen) atoms. The third kappa shape index (κ3) is 3.58. The lowest BCUT2D eigenvalue weighted by Gasteiger charge is -2.24. The number of aryl methyl sites for hydroxylation is 2. The van der Waals surface area contributed by atoms with Crippen LogP contribution in [0.15, 0.2) is 12.1 Å². The van der Waals surface area contributed by atoms with Gasteiger partial charge in [0.05, 0.1) is 6.61 Å². The molecule has 1 amide bonds. The van der Waals surface area contributed by atoms with Gasteiger partial charge in [0.1, 0.15) is 5.75 Å². The number of carbonyl (C=O) groups excluding carboxylic acids is 1. The van der Waals surface area contributed by atoms with Gasteiger partial charge in [-0.2, -0.15) is 8.78 Å². The van der Waals surface area contributed by atoms with Gasteiger partial charge in [-0.05, 0) is 37.1 Å². The molecule has 0 saturated carbocycles. The number of benzene rings is 1. The molecule has 1 aromatic carbocycles. The number of nitrogens with one attached hydrogen (secondary N) is 1. The third-order valence-corrected chi connectivity index (χ3v) is 3.71. The maximum absolute atomic E-state index is 12.4. The van der Waals surface area contributed by atoms with Crippen molar-refractivity contribution in [2.75, 3.05) is 13.2 Å². The SMILES string of the molecule is Cc1cc(C(=O)NC2(C(=O)O)CCOC2)cc(C)c1OC(F)F. The van der Waals surface area contributed by atoms with Gasteiger partial charge in [0.15, 0.2) is 5.54 Å². The Hall–Kier alpha value is -2.22. The van der Waals surface area contributed by atoms with Crippen LogP contribution in [0.25, 0.3) is 0 Å². The Morgan fingerprint density at radius 1 is 1.35 bits per heavy atom. The van der Waals surface area contributed by atoms with Crippen LogP contribution in [0.4, 0.5) is 8.78 Å². The van der Waals surface area contributed by atoms with Gasteiger partial charge in [-0.1, -0.05) is 0 Å². The summed E-state index contributed by atoms with van der Waals surface area (Å²) in [4.78, 5) is 23.7. The number of hydrogen-bond donors (Lipinski definition) is 2. The quantitative estimate of drug-likeness (QED) is 0.861. The number of rotatable bonds is 5. The lowest BCUT2D eigenvalue weighted by Crippen LogP contribution is -2.55. The van der Waals surface area contributed by atoms with Crippen LogP contribution in [0.5, 0.6) is 5.75 Å². The number of amides is 1. The summed E-state index contributed by atoms with van der Waals surface area (Å²) >= 11 is 0. The second-order valence-electron chi connectivity index (χ2n) is 5.46. The number of carbonyl (C=O) groups is 2. The summed E-state index contributed by atoms with van der Waals surface area (Å²) in [5.41, 5.74) is -0.559. The summed E-state index contributed by atoms with van der Waals surface area (Å²) in [6, 6.07) is 2.76. The first-order valence-corrected chi connectivity index (χ1v) is 6.95. The lowest BCUT2D eigenvalue weighted by molar-refractivity contribution is -0.144. The predicted octanol–water partition coefficient (Wildman–Crippen LogP) is 1.88. The second-order valence-corrected chi connectivity index (χ2v) is 5.46. The lowest BCUT2D eigenvalue weighted by atomic mass is 9.97. The Balaban J connectivity index is 2.25. The van der Waals surface area contributed by atoms with Crippen LogP contribution >= 0.6 is 0 Å². The van der Waals surface area contributed by atoms with E-state index in [2.05, 4.69) is 10.1 Å². The van der Waals surface area contributed by atoms with Crippen LogP contribution in [-0.4, -0.2) is 42.3 Å². The van der Waals surface area contributed by atoms with Gasteiger partial charge in [-0.3, -0.25) is 4.79 Å². The molecule has 0 aromatic heterocycles. The molecule has 1 saturated heterocycles. The van der Waals surface area contributed by atoms with Crippen molar-refractivity contribution < 1.29 is 33.0 Å². The molecule has 1 aromatic rings. The van der Waals surface area contributed by atoms with Gasteiger partial charge < -0.3 is 19.9 Å². The minimum Gasteiger partial charge on any atom is -0.479 e. The zero-order chi connectivity index (χ0) is 17.2. The van der Waals surface area contributed by atoms with E-state index in [0.29, 0.717) is 11.1 Å².